The average molecular weight is 209 g/mol. The first-order valence-electron chi connectivity index (χ1n) is 4.89. The number of rotatable bonds is 2. The molecule has 1 aromatic carbocycles. The van der Waals surface area contributed by atoms with Gasteiger partial charge in [0.05, 0.1) is 17.4 Å². The number of benzene rings is 1. The molecule has 1 aromatic rings. The van der Waals surface area contributed by atoms with E-state index in [4.69, 9.17) is 0 Å². The second-order valence-corrected chi connectivity index (χ2v) is 3.68. The summed E-state index contributed by atoms with van der Waals surface area (Å²) in [6.07, 6.45) is 0.803. The summed E-state index contributed by atoms with van der Waals surface area (Å²) in [5.74, 6) is -0.510. The number of hydrogen-bond acceptors (Lipinski definition) is 3. The molecule has 1 fully saturated rings. The Morgan fingerprint density at radius 2 is 2.33 bits per heavy atom. The van der Waals surface area contributed by atoms with Crippen LogP contribution < -0.4 is 4.90 Å². The van der Waals surface area contributed by atoms with E-state index in [1.54, 1.807) is 12.1 Å². The molecule has 1 unspecified atom stereocenters. The lowest BCUT2D eigenvalue weighted by Gasteiger charge is -2.19. The van der Waals surface area contributed by atoms with Gasteiger partial charge < -0.3 is 10.0 Å². The normalized spacial score (nSPS) is 20.7. The Bertz CT molecular complexity index is 381. The number of carbonyl (C=O) groups excluding carboxylic acids is 1. The van der Waals surface area contributed by atoms with Gasteiger partial charge in [0.25, 0.3) is 0 Å². The molecular weight excluding hydrogens is 197 g/mol. The standard InChI is InChI=1S/C11H12FNO2/c12-10-2-1-3-11(9(10)7-14)13-5-4-8(15)6-13/h1-3,7-8,15H,4-6H2. The van der Waals surface area contributed by atoms with Crippen LogP contribution >= 0.6 is 0 Å². The predicted molar refractivity (Wildman–Crippen MR) is 54.6 cm³/mol. The van der Waals surface area contributed by atoms with Crippen molar-refractivity contribution in [1.29, 1.82) is 0 Å². The summed E-state index contributed by atoms with van der Waals surface area (Å²) in [4.78, 5) is 12.6. The van der Waals surface area contributed by atoms with E-state index in [1.807, 2.05) is 4.90 Å². The van der Waals surface area contributed by atoms with Crippen LogP contribution in [0.25, 0.3) is 0 Å². The van der Waals surface area contributed by atoms with Crippen LogP contribution in [0.15, 0.2) is 18.2 Å². The number of aliphatic hydroxyl groups is 1. The zero-order valence-corrected chi connectivity index (χ0v) is 8.19. The number of halogens is 1. The van der Waals surface area contributed by atoms with E-state index in [-0.39, 0.29) is 11.7 Å². The molecule has 4 heteroatoms. The molecule has 1 atom stereocenters. The van der Waals surface area contributed by atoms with Crippen LogP contribution in [0.5, 0.6) is 0 Å². The second kappa shape index (κ2) is 3.98. The van der Waals surface area contributed by atoms with Crippen molar-refractivity contribution in [3.05, 3.63) is 29.6 Å². The van der Waals surface area contributed by atoms with Gasteiger partial charge in [-0.1, -0.05) is 6.07 Å². The van der Waals surface area contributed by atoms with Crippen molar-refractivity contribution in [3.63, 3.8) is 0 Å². The zero-order valence-electron chi connectivity index (χ0n) is 8.19. The molecule has 0 amide bonds. The van der Waals surface area contributed by atoms with Gasteiger partial charge >= 0.3 is 0 Å². The third-order valence-electron chi connectivity index (χ3n) is 2.65. The molecule has 0 spiro atoms. The van der Waals surface area contributed by atoms with Gasteiger partial charge in [0.1, 0.15) is 5.82 Å². The highest BCUT2D eigenvalue weighted by Gasteiger charge is 2.23. The summed E-state index contributed by atoms with van der Waals surface area (Å²) in [5.41, 5.74) is 0.646. The summed E-state index contributed by atoms with van der Waals surface area (Å²) in [6.45, 7) is 1.12. The molecule has 1 heterocycles. The maximum Gasteiger partial charge on any atom is 0.155 e. The van der Waals surface area contributed by atoms with Gasteiger partial charge in [-0.05, 0) is 18.6 Å². The van der Waals surface area contributed by atoms with E-state index in [2.05, 4.69) is 0 Å². The maximum absolute atomic E-state index is 13.3. The summed E-state index contributed by atoms with van der Waals surface area (Å²) < 4.78 is 13.3. The first-order valence-corrected chi connectivity index (χ1v) is 4.89. The van der Waals surface area contributed by atoms with Crippen molar-refractivity contribution in [2.75, 3.05) is 18.0 Å². The number of hydrogen-bond donors (Lipinski definition) is 1. The van der Waals surface area contributed by atoms with Gasteiger partial charge in [0.2, 0.25) is 0 Å². The van der Waals surface area contributed by atoms with Crippen LogP contribution in [0.2, 0.25) is 0 Å². The van der Waals surface area contributed by atoms with Crippen molar-refractivity contribution >= 4 is 12.0 Å². The third-order valence-corrected chi connectivity index (χ3v) is 2.65. The SMILES string of the molecule is O=Cc1c(F)cccc1N1CCC(O)C1. The van der Waals surface area contributed by atoms with Crippen LogP contribution in [0.3, 0.4) is 0 Å². The lowest BCUT2D eigenvalue weighted by Crippen LogP contribution is -2.22. The van der Waals surface area contributed by atoms with Gasteiger partial charge in [-0.15, -0.1) is 0 Å². The van der Waals surface area contributed by atoms with Crippen LogP contribution in [-0.4, -0.2) is 30.6 Å². The highest BCUT2D eigenvalue weighted by atomic mass is 19.1. The van der Waals surface area contributed by atoms with E-state index in [0.29, 0.717) is 31.5 Å². The molecule has 0 saturated carbocycles. The van der Waals surface area contributed by atoms with Crippen molar-refractivity contribution in [2.45, 2.75) is 12.5 Å². The monoisotopic (exact) mass is 209 g/mol. The minimum absolute atomic E-state index is 0.0756. The van der Waals surface area contributed by atoms with E-state index in [0.717, 1.165) is 0 Å². The van der Waals surface area contributed by atoms with E-state index >= 15 is 0 Å². The van der Waals surface area contributed by atoms with E-state index in [9.17, 15) is 14.3 Å². The minimum Gasteiger partial charge on any atom is -0.391 e. The number of β-amino-alcohol motifs (C(OH)–C–C–N with tert-alkyl or cyclic N) is 1. The molecule has 0 bridgehead atoms. The molecule has 1 N–H and O–H groups in total. The highest BCUT2D eigenvalue weighted by Crippen LogP contribution is 2.25. The number of nitrogens with zero attached hydrogens (tertiary/aromatic N) is 1. The highest BCUT2D eigenvalue weighted by molar-refractivity contribution is 5.85. The Balaban J connectivity index is 2.35. The molecule has 2 rings (SSSR count). The second-order valence-electron chi connectivity index (χ2n) is 3.68. The molecule has 0 radical (unpaired) electrons. The van der Waals surface area contributed by atoms with Gasteiger partial charge in [-0.3, -0.25) is 4.79 Å². The van der Waals surface area contributed by atoms with Gasteiger partial charge in [0, 0.05) is 13.1 Å². The van der Waals surface area contributed by atoms with Gasteiger partial charge in [-0.2, -0.15) is 0 Å². The predicted octanol–water partition coefficient (Wildman–Crippen LogP) is 1.21. The van der Waals surface area contributed by atoms with Gasteiger partial charge in [0.15, 0.2) is 6.29 Å². The molecule has 1 saturated heterocycles. The minimum atomic E-state index is -0.510. The van der Waals surface area contributed by atoms with Crippen molar-refractivity contribution < 1.29 is 14.3 Å². The molecule has 3 nitrogen and oxygen atoms in total. The van der Waals surface area contributed by atoms with Crippen molar-refractivity contribution in [2.24, 2.45) is 0 Å². The van der Waals surface area contributed by atoms with Crippen LogP contribution in [0.1, 0.15) is 16.8 Å². The molecule has 80 valence electrons. The summed E-state index contributed by atoms with van der Waals surface area (Å²) in [5, 5.41) is 9.37. The fourth-order valence-electron chi connectivity index (χ4n) is 1.88. The largest absolute Gasteiger partial charge is 0.391 e. The quantitative estimate of drug-likeness (QED) is 0.744. The maximum atomic E-state index is 13.3. The fourth-order valence-corrected chi connectivity index (χ4v) is 1.88. The summed E-state index contributed by atoms with van der Waals surface area (Å²) in [7, 11) is 0. The van der Waals surface area contributed by atoms with E-state index < -0.39 is 5.82 Å². The smallest absolute Gasteiger partial charge is 0.155 e. The first-order chi connectivity index (χ1) is 7.22. The Morgan fingerprint density at radius 1 is 1.53 bits per heavy atom. The molecular formula is C11H12FNO2. The Kier molecular flexibility index (Phi) is 2.68. The first kappa shape index (κ1) is 10.1. The molecule has 0 aromatic heterocycles. The molecule has 15 heavy (non-hydrogen) atoms. The van der Waals surface area contributed by atoms with Crippen LogP contribution in [-0.2, 0) is 0 Å². The Labute approximate surface area is 87.1 Å². The number of carbonyl (C=O) groups is 1. The molecule has 1 aliphatic rings. The lowest BCUT2D eigenvalue weighted by molar-refractivity contribution is 0.112. The van der Waals surface area contributed by atoms with E-state index in [1.165, 1.54) is 6.07 Å². The van der Waals surface area contributed by atoms with Crippen molar-refractivity contribution in [1.82, 2.24) is 0 Å². The third kappa shape index (κ3) is 1.85. The molecule has 1 aliphatic heterocycles. The van der Waals surface area contributed by atoms with Crippen molar-refractivity contribution in [3.8, 4) is 0 Å². The fraction of sp³-hybridized carbons (Fsp3) is 0.364. The van der Waals surface area contributed by atoms with Crippen LogP contribution in [0, 0.1) is 5.82 Å². The lowest BCUT2D eigenvalue weighted by atomic mass is 10.1. The summed E-state index contributed by atoms with van der Waals surface area (Å²) >= 11 is 0. The Morgan fingerprint density at radius 3 is 2.93 bits per heavy atom. The Hall–Kier alpha value is -1.42. The molecule has 0 aliphatic carbocycles. The summed E-state index contributed by atoms with van der Waals surface area (Å²) in [6, 6.07) is 4.53. The zero-order chi connectivity index (χ0) is 10.8. The van der Waals surface area contributed by atoms with Gasteiger partial charge in [-0.25, -0.2) is 4.39 Å². The average Bonchev–Trinajstić information content (AvgIpc) is 2.64. The number of aliphatic hydroxyl groups excluding tert-OH is 1. The number of aldehydes is 1. The number of anilines is 1. The van der Waals surface area contributed by atoms with Crippen LogP contribution in [0.4, 0.5) is 10.1 Å². The topological polar surface area (TPSA) is 40.5 Å².